The van der Waals surface area contributed by atoms with Crippen LogP contribution >= 0.6 is 0 Å². The number of benzene rings is 1. The molecule has 2 amide bonds. The third-order valence-corrected chi connectivity index (χ3v) is 8.65. The van der Waals surface area contributed by atoms with Crippen molar-refractivity contribution in [3.63, 3.8) is 0 Å². The van der Waals surface area contributed by atoms with Crippen molar-refractivity contribution in [2.75, 3.05) is 13.1 Å². The maximum absolute atomic E-state index is 13.6. The average molecular weight is 505 g/mol. The summed E-state index contributed by atoms with van der Waals surface area (Å²) in [4.78, 5) is 39.8. The highest BCUT2D eigenvalue weighted by molar-refractivity contribution is 7.89. The van der Waals surface area contributed by atoms with E-state index in [1.165, 1.54) is 24.5 Å². The number of sulfonamides is 1. The van der Waals surface area contributed by atoms with Crippen LogP contribution in [0.15, 0.2) is 41.6 Å². The van der Waals surface area contributed by atoms with Crippen molar-refractivity contribution in [3.8, 4) is 0 Å². The first-order chi connectivity index (χ1) is 16.1. The SMILES string of the molecule is Cc1ccc(S(=O)(=O)N2C=CNC(=O)[C@H]2CC(=O)N[C@@]2(C(=O)C(C)(C)C)CCNCC2(C)C)cc1. The third kappa shape index (κ3) is 5.13. The minimum absolute atomic E-state index is 0.0201. The number of Topliss-reactive ketones (excluding diaryl/α,β-unsaturated/α-hetero) is 1. The van der Waals surface area contributed by atoms with Crippen LogP contribution < -0.4 is 16.0 Å². The van der Waals surface area contributed by atoms with Gasteiger partial charge in [0, 0.05) is 29.8 Å². The molecule has 2 aliphatic heterocycles. The van der Waals surface area contributed by atoms with Gasteiger partial charge in [0.25, 0.3) is 10.0 Å². The Morgan fingerprint density at radius 3 is 2.37 bits per heavy atom. The number of amides is 2. The van der Waals surface area contributed by atoms with Crippen molar-refractivity contribution in [1.29, 1.82) is 0 Å². The highest BCUT2D eigenvalue weighted by Crippen LogP contribution is 2.41. The fourth-order valence-electron chi connectivity index (χ4n) is 4.75. The van der Waals surface area contributed by atoms with Crippen molar-refractivity contribution in [2.45, 2.75) is 70.9 Å². The summed E-state index contributed by atoms with van der Waals surface area (Å²) in [6.45, 7) is 12.2. The molecule has 2 heterocycles. The lowest BCUT2D eigenvalue weighted by molar-refractivity contribution is -0.145. The number of hydrogen-bond donors (Lipinski definition) is 3. The Balaban J connectivity index is 1.92. The summed E-state index contributed by atoms with van der Waals surface area (Å²) in [6, 6.07) is 4.98. The smallest absolute Gasteiger partial charge is 0.264 e. The zero-order valence-corrected chi connectivity index (χ0v) is 22.1. The number of rotatable bonds is 6. The first-order valence-corrected chi connectivity index (χ1v) is 13.2. The number of nitrogens with zero attached hydrogens (tertiary/aromatic N) is 1. The molecule has 0 spiro atoms. The second-order valence-electron chi connectivity index (χ2n) is 11.0. The van der Waals surface area contributed by atoms with Crippen LogP contribution in [0.1, 0.15) is 53.0 Å². The van der Waals surface area contributed by atoms with Gasteiger partial charge in [0.05, 0.1) is 11.3 Å². The maximum Gasteiger partial charge on any atom is 0.264 e. The van der Waals surface area contributed by atoms with Crippen LogP contribution in [0.5, 0.6) is 0 Å². The summed E-state index contributed by atoms with van der Waals surface area (Å²) >= 11 is 0. The van der Waals surface area contributed by atoms with Gasteiger partial charge in [-0.05, 0) is 32.0 Å². The minimum Gasteiger partial charge on any atom is -0.343 e. The molecule has 0 radical (unpaired) electrons. The Morgan fingerprint density at radius 2 is 1.80 bits per heavy atom. The molecule has 0 aliphatic carbocycles. The van der Waals surface area contributed by atoms with Crippen LogP contribution in [0.4, 0.5) is 0 Å². The average Bonchev–Trinajstić information content (AvgIpc) is 2.75. The lowest BCUT2D eigenvalue weighted by Crippen LogP contribution is -2.71. The predicted molar refractivity (Wildman–Crippen MR) is 132 cm³/mol. The Morgan fingerprint density at radius 1 is 1.17 bits per heavy atom. The van der Waals surface area contributed by atoms with Crippen LogP contribution in [-0.2, 0) is 24.4 Å². The standard InChI is InChI=1S/C25H36N4O5S/c1-17-7-9-18(10-8-17)35(33,34)29-14-13-27-21(31)19(29)15-20(30)28-25(22(32)23(2,3)4)11-12-26-16-24(25,5)6/h7-10,13-14,19,26H,11-12,15-16H2,1-6H3,(H,27,31)(H,28,30)/t19-,25-/m1/s1. The molecular weight excluding hydrogens is 468 g/mol. The first-order valence-electron chi connectivity index (χ1n) is 11.8. The maximum atomic E-state index is 13.6. The second kappa shape index (κ2) is 9.39. The molecule has 0 aromatic heterocycles. The van der Waals surface area contributed by atoms with E-state index in [9.17, 15) is 22.8 Å². The summed E-state index contributed by atoms with van der Waals surface area (Å²) in [5.41, 5.74) is -1.58. The van der Waals surface area contributed by atoms with Crippen LogP contribution in [0.2, 0.25) is 0 Å². The third-order valence-electron chi connectivity index (χ3n) is 6.85. The van der Waals surface area contributed by atoms with Crippen molar-refractivity contribution < 1.29 is 22.8 Å². The molecule has 0 unspecified atom stereocenters. The molecular formula is C25H36N4O5S. The predicted octanol–water partition coefficient (Wildman–Crippen LogP) is 1.84. The molecule has 3 N–H and O–H groups in total. The van der Waals surface area contributed by atoms with E-state index >= 15 is 0 Å². The monoisotopic (exact) mass is 504 g/mol. The minimum atomic E-state index is -4.09. The van der Waals surface area contributed by atoms with Crippen molar-refractivity contribution in [3.05, 3.63) is 42.2 Å². The lowest BCUT2D eigenvalue weighted by atomic mass is 9.61. The summed E-state index contributed by atoms with van der Waals surface area (Å²) in [5.74, 6) is -1.27. The Labute approximate surface area is 207 Å². The molecule has 2 atom stereocenters. The topological polar surface area (TPSA) is 125 Å². The highest BCUT2D eigenvalue weighted by atomic mass is 32.2. The number of nitrogens with one attached hydrogen (secondary N) is 3. The van der Waals surface area contributed by atoms with Gasteiger partial charge in [0.2, 0.25) is 11.8 Å². The number of ketones is 1. The molecule has 1 saturated heterocycles. The lowest BCUT2D eigenvalue weighted by Gasteiger charge is -2.52. The molecule has 0 bridgehead atoms. The van der Waals surface area contributed by atoms with Crippen molar-refractivity contribution in [1.82, 2.24) is 20.3 Å². The quantitative estimate of drug-likeness (QED) is 0.543. The fraction of sp³-hybridized carbons (Fsp3) is 0.560. The molecule has 1 aromatic rings. The molecule has 3 rings (SSSR count). The van der Waals surface area contributed by atoms with E-state index in [2.05, 4.69) is 16.0 Å². The first kappa shape index (κ1) is 26.9. The zero-order valence-electron chi connectivity index (χ0n) is 21.3. The largest absolute Gasteiger partial charge is 0.343 e. The number of carbonyl (C=O) groups excluding carboxylic acids is 3. The molecule has 9 nitrogen and oxygen atoms in total. The Kier molecular flexibility index (Phi) is 7.21. The Hall–Kier alpha value is -2.72. The second-order valence-corrected chi connectivity index (χ2v) is 12.9. The zero-order chi connectivity index (χ0) is 26.2. The Bertz CT molecular complexity index is 1140. The number of piperidine rings is 1. The van der Waals surface area contributed by atoms with E-state index < -0.39 is 50.7 Å². The summed E-state index contributed by atoms with van der Waals surface area (Å²) < 4.78 is 27.6. The van der Waals surface area contributed by atoms with Gasteiger partial charge in [-0.1, -0.05) is 52.3 Å². The van der Waals surface area contributed by atoms with Gasteiger partial charge in [-0.15, -0.1) is 0 Å². The van der Waals surface area contributed by atoms with Crippen molar-refractivity contribution >= 4 is 27.6 Å². The van der Waals surface area contributed by atoms with Gasteiger partial charge in [-0.25, -0.2) is 8.42 Å². The van der Waals surface area contributed by atoms with E-state index in [1.807, 2.05) is 41.5 Å². The summed E-state index contributed by atoms with van der Waals surface area (Å²) in [6.07, 6.45) is 2.45. The van der Waals surface area contributed by atoms with Gasteiger partial charge in [-0.3, -0.25) is 18.7 Å². The molecule has 2 aliphatic rings. The van der Waals surface area contributed by atoms with E-state index in [4.69, 9.17) is 0 Å². The summed E-state index contributed by atoms with van der Waals surface area (Å²) in [5, 5.41) is 8.74. The molecule has 0 saturated carbocycles. The normalized spacial score (nSPS) is 24.6. The van der Waals surface area contributed by atoms with Crippen LogP contribution in [-0.4, -0.2) is 55.0 Å². The van der Waals surface area contributed by atoms with Crippen molar-refractivity contribution in [2.24, 2.45) is 10.8 Å². The molecule has 1 fully saturated rings. The van der Waals surface area contributed by atoms with Gasteiger partial charge < -0.3 is 16.0 Å². The molecule has 10 heteroatoms. The van der Waals surface area contributed by atoms with E-state index in [0.29, 0.717) is 19.5 Å². The van der Waals surface area contributed by atoms with E-state index in [-0.39, 0.29) is 10.7 Å². The molecule has 1 aromatic carbocycles. The number of carbonyl (C=O) groups is 3. The van der Waals surface area contributed by atoms with Crippen LogP contribution in [0.25, 0.3) is 0 Å². The highest BCUT2D eigenvalue weighted by Gasteiger charge is 2.56. The van der Waals surface area contributed by atoms with Gasteiger partial charge in [0.1, 0.15) is 11.6 Å². The number of hydrogen-bond acceptors (Lipinski definition) is 6. The van der Waals surface area contributed by atoms with E-state index in [1.54, 1.807) is 12.1 Å². The number of aryl methyl sites for hydroxylation is 1. The van der Waals surface area contributed by atoms with Crippen LogP contribution in [0.3, 0.4) is 0 Å². The molecule has 192 valence electrons. The molecule has 35 heavy (non-hydrogen) atoms. The van der Waals surface area contributed by atoms with Crippen LogP contribution in [0, 0.1) is 17.8 Å². The van der Waals surface area contributed by atoms with Gasteiger partial charge in [0.15, 0.2) is 5.78 Å². The van der Waals surface area contributed by atoms with E-state index in [0.717, 1.165) is 9.87 Å². The fourth-order valence-corrected chi connectivity index (χ4v) is 6.20. The van der Waals surface area contributed by atoms with Gasteiger partial charge in [-0.2, -0.15) is 0 Å². The van der Waals surface area contributed by atoms with Gasteiger partial charge >= 0.3 is 0 Å². The summed E-state index contributed by atoms with van der Waals surface area (Å²) in [7, 11) is -4.09.